The molecule has 0 aromatic rings. The van der Waals surface area contributed by atoms with Crippen molar-refractivity contribution in [1.82, 2.24) is 0 Å². The number of allylic oxidation sites excluding steroid dienone is 8. The summed E-state index contributed by atoms with van der Waals surface area (Å²) in [6.45, 7) is 4.40. The van der Waals surface area contributed by atoms with Gasteiger partial charge in [0.1, 0.15) is 0 Å². The Hall–Kier alpha value is 0.177. The predicted octanol–water partition coefficient (Wildman–Crippen LogP) is -0.261. The summed E-state index contributed by atoms with van der Waals surface area (Å²) >= 11 is 0. The Kier molecular flexibility index (Phi) is 4.65. The predicted molar refractivity (Wildman–Crippen MR) is 62.6 cm³/mol. The van der Waals surface area contributed by atoms with Crippen molar-refractivity contribution in [1.29, 1.82) is 0 Å². The van der Waals surface area contributed by atoms with E-state index in [0.29, 0.717) is 0 Å². The van der Waals surface area contributed by atoms with Crippen LogP contribution in [0, 0.1) is 0 Å². The van der Waals surface area contributed by atoms with Crippen LogP contribution in [0.15, 0.2) is 45.8 Å². The minimum atomic E-state index is -0.0814. The van der Waals surface area contributed by atoms with Crippen LogP contribution in [-0.4, -0.2) is 9.52 Å². The number of rotatable bonds is 2. The molecule has 0 amide bonds. The second-order valence-corrected chi connectivity index (χ2v) is 6.26. The summed E-state index contributed by atoms with van der Waals surface area (Å²) in [4.78, 5) is 0. The van der Waals surface area contributed by atoms with Gasteiger partial charge in [0.25, 0.3) is 0 Å². The zero-order valence-corrected chi connectivity index (χ0v) is 12.8. The van der Waals surface area contributed by atoms with E-state index in [-0.39, 0.29) is 40.5 Å². The van der Waals surface area contributed by atoms with Gasteiger partial charge in [-0.1, -0.05) is 45.8 Å². The maximum absolute atomic E-state index is 2.39. The Morgan fingerprint density at radius 2 is 1.43 bits per heavy atom. The Morgan fingerprint density at radius 1 is 1.00 bits per heavy atom. The average molecular weight is 212 g/mol. The van der Waals surface area contributed by atoms with Gasteiger partial charge in [0, 0.05) is 0 Å². The van der Waals surface area contributed by atoms with Gasteiger partial charge in [-0.25, -0.2) is 0 Å². The van der Waals surface area contributed by atoms with E-state index < -0.39 is 0 Å². The Balaban J connectivity index is 0.000000980. The van der Waals surface area contributed by atoms with Gasteiger partial charge in [-0.3, -0.25) is 0 Å². The summed E-state index contributed by atoms with van der Waals surface area (Å²) in [6.07, 6.45) is 11.9. The van der Waals surface area contributed by atoms with Gasteiger partial charge in [0.15, 0.2) is 0 Å². The SMILES string of the molecule is CC1=CCC([SiH2]C2=CC(C)=CC2)=C1.[H-].[Na+]. The molecule has 0 aliphatic heterocycles. The smallest absolute Gasteiger partial charge is 1.00 e. The summed E-state index contributed by atoms with van der Waals surface area (Å²) in [5.41, 5.74) is 2.93. The van der Waals surface area contributed by atoms with E-state index >= 15 is 0 Å². The first-order valence-electron chi connectivity index (χ1n) is 4.96. The van der Waals surface area contributed by atoms with Gasteiger partial charge >= 0.3 is 29.6 Å². The monoisotopic (exact) mass is 212 g/mol. The van der Waals surface area contributed by atoms with Gasteiger partial charge < -0.3 is 1.43 Å². The minimum absolute atomic E-state index is 0. The van der Waals surface area contributed by atoms with Crippen LogP contribution in [0.1, 0.15) is 28.1 Å². The zero-order valence-electron chi connectivity index (χ0n) is 10.4. The first-order valence-corrected chi connectivity index (χ1v) is 6.38. The molecule has 0 nitrogen and oxygen atoms in total. The van der Waals surface area contributed by atoms with Crippen LogP contribution in [0.5, 0.6) is 0 Å². The van der Waals surface area contributed by atoms with E-state index in [9.17, 15) is 0 Å². The molecule has 2 aliphatic carbocycles. The molecule has 0 radical (unpaired) electrons. The largest absolute Gasteiger partial charge is 1.00 e. The first-order chi connectivity index (χ1) is 6.24. The molecule has 0 unspecified atom stereocenters. The molecule has 0 heterocycles. The molecule has 0 aromatic heterocycles. The van der Waals surface area contributed by atoms with E-state index in [4.69, 9.17) is 0 Å². The summed E-state index contributed by atoms with van der Waals surface area (Å²) < 4.78 is 0. The fourth-order valence-corrected chi connectivity index (χ4v) is 4.01. The quantitative estimate of drug-likeness (QED) is 0.553. The molecule has 0 spiro atoms. The summed E-state index contributed by atoms with van der Waals surface area (Å²) in [5, 5.41) is 3.43. The molecular formula is C12H17NaSi. The van der Waals surface area contributed by atoms with Crippen LogP contribution in [0.3, 0.4) is 0 Å². The van der Waals surface area contributed by atoms with Crippen molar-refractivity contribution in [3.63, 3.8) is 0 Å². The van der Waals surface area contributed by atoms with Gasteiger partial charge in [-0.2, -0.15) is 0 Å². The molecule has 70 valence electrons. The van der Waals surface area contributed by atoms with Crippen LogP contribution in [0.4, 0.5) is 0 Å². The normalized spacial score (nSPS) is 19.6. The van der Waals surface area contributed by atoms with E-state index in [1.807, 2.05) is 0 Å². The van der Waals surface area contributed by atoms with Gasteiger partial charge in [0.2, 0.25) is 0 Å². The zero-order chi connectivity index (χ0) is 9.26. The molecule has 2 aliphatic rings. The maximum Gasteiger partial charge on any atom is 1.00 e. The van der Waals surface area contributed by atoms with Crippen molar-refractivity contribution in [2.24, 2.45) is 0 Å². The third-order valence-electron chi connectivity index (χ3n) is 2.69. The molecule has 0 saturated carbocycles. The molecule has 0 atom stereocenters. The third-order valence-corrected chi connectivity index (χ3v) is 4.58. The first kappa shape index (κ1) is 12.2. The van der Waals surface area contributed by atoms with Crippen molar-refractivity contribution in [2.75, 3.05) is 0 Å². The van der Waals surface area contributed by atoms with Crippen molar-refractivity contribution in [3.05, 3.63) is 45.8 Å². The van der Waals surface area contributed by atoms with Crippen molar-refractivity contribution in [3.8, 4) is 0 Å². The molecule has 2 heteroatoms. The topological polar surface area (TPSA) is 0 Å². The van der Waals surface area contributed by atoms with E-state index in [2.05, 4.69) is 38.2 Å². The average Bonchev–Trinajstić information content (AvgIpc) is 2.62. The van der Waals surface area contributed by atoms with Crippen molar-refractivity contribution < 1.29 is 31.0 Å². The molecule has 0 aromatic carbocycles. The second kappa shape index (κ2) is 5.31. The maximum atomic E-state index is 2.39. The second-order valence-electron chi connectivity index (χ2n) is 4.09. The Labute approximate surface area is 112 Å². The number of hydrogen-bond acceptors (Lipinski definition) is 0. The fraction of sp³-hybridized carbons (Fsp3) is 0.333. The summed E-state index contributed by atoms with van der Waals surface area (Å²) in [5.74, 6) is 0. The van der Waals surface area contributed by atoms with E-state index in [0.717, 1.165) is 0 Å². The van der Waals surface area contributed by atoms with Crippen molar-refractivity contribution in [2.45, 2.75) is 26.7 Å². The Morgan fingerprint density at radius 3 is 1.71 bits per heavy atom. The minimum Gasteiger partial charge on any atom is -1.00 e. The van der Waals surface area contributed by atoms with E-state index in [1.165, 1.54) is 24.0 Å². The van der Waals surface area contributed by atoms with E-state index in [1.54, 1.807) is 10.4 Å². The molecule has 0 N–H and O–H groups in total. The van der Waals surface area contributed by atoms with Gasteiger partial charge in [-0.05, 0) is 26.7 Å². The third kappa shape index (κ3) is 3.09. The van der Waals surface area contributed by atoms with Crippen LogP contribution in [-0.2, 0) is 0 Å². The molecular weight excluding hydrogens is 195 g/mol. The molecule has 14 heavy (non-hydrogen) atoms. The summed E-state index contributed by atoms with van der Waals surface area (Å²) in [6, 6.07) is 0. The van der Waals surface area contributed by atoms with Gasteiger partial charge in [0.05, 0.1) is 9.52 Å². The van der Waals surface area contributed by atoms with Crippen LogP contribution in [0.2, 0.25) is 0 Å². The number of hydrogen-bond donors (Lipinski definition) is 0. The fourth-order valence-electron chi connectivity index (χ4n) is 2.00. The van der Waals surface area contributed by atoms with Crippen LogP contribution >= 0.6 is 0 Å². The molecule has 0 bridgehead atoms. The molecule has 0 fully saturated rings. The van der Waals surface area contributed by atoms with Crippen LogP contribution < -0.4 is 29.6 Å². The van der Waals surface area contributed by atoms with Gasteiger partial charge in [-0.15, -0.1) is 0 Å². The Bertz CT molecular complexity index is 317. The van der Waals surface area contributed by atoms with Crippen LogP contribution in [0.25, 0.3) is 0 Å². The van der Waals surface area contributed by atoms with Crippen molar-refractivity contribution >= 4 is 9.52 Å². The summed E-state index contributed by atoms with van der Waals surface area (Å²) in [7, 11) is -0.0814. The molecule has 2 rings (SSSR count). The standard InChI is InChI=1S/C12H16Si.Na.H/c1-9-3-5-11(7-9)13-12-6-4-10(2)8-12;;/h3-4,7-8H,5-6,13H2,1-2H3;;/q;+1;-1. The molecule has 0 saturated heterocycles.